The first kappa shape index (κ1) is 15.7. The molecule has 0 spiro atoms. The van der Waals surface area contributed by atoms with Crippen LogP contribution in [-0.4, -0.2) is 18.2 Å². The molecule has 1 fully saturated rings. The normalized spacial score (nSPS) is 17.8. The van der Waals surface area contributed by atoms with Gasteiger partial charge < -0.3 is 11.1 Å². The maximum atomic E-state index is 12.6. The van der Waals surface area contributed by atoms with Gasteiger partial charge in [0.25, 0.3) is 0 Å². The van der Waals surface area contributed by atoms with Crippen LogP contribution in [0, 0.1) is 5.41 Å². The van der Waals surface area contributed by atoms with Crippen LogP contribution in [0.2, 0.25) is 0 Å². The van der Waals surface area contributed by atoms with Gasteiger partial charge in [0.15, 0.2) is 5.78 Å². The van der Waals surface area contributed by atoms with Crippen LogP contribution < -0.4 is 11.1 Å². The van der Waals surface area contributed by atoms with Crippen molar-refractivity contribution in [3.63, 3.8) is 0 Å². The second-order valence-electron chi connectivity index (χ2n) is 5.99. The third kappa shape index (κ3) is 3.70. The Balaban J connectivity index is 2.09. The number of hydrogen-bond donors (Lipinski definition) is 2. The summed E-state index contributed by atoms with van der Waals surface area (Å²) in [7, 11) is 0. The third-order valence-electron chi connectivity index (χ3n) is 4.48. The molecular formula is C17H24N2O2. The number of hydrogen-bond acceptors (Lipinski definition) is 3. The van der Waals surface area contributed by atoms with E-state index in [1.54, 1.807) is 24.3 Å². The monoisotopic (exact) mass is 288 g/mol. The van der Waals surface area contributed by atoms with Crippen molar-refractivity contribution in [3.05, 3.63) is 29.8 Å². The van der Waals surface area contributed by atoms with E-state index in [-0.39, 0.29) is 11.7 Å². The molecule has 1 aliphatic carbocycles. The molecule has 0 bridgehead atoms. The number of rotatable bonds is 4. The molecule has 0 aliphatic heterocycles. The predicted molar refractivity (Wildman–Crippen MR) is 84.3 cm³/mol. The molecule has 0 radical (unpaired) electrons. The summed E-state index contributed by atoms with van der Waals surface area (Å²) in [6, 6.07) is 7.02. The van der Waals surface area contributed by atoms with E-state index in [1.165, 1.54) is 19.8 Å². The number of carbonyl (C=O) groups is 2. The number of carbonyl (C=O) groups excluding carboxylic acids is 2. The topological polar surface area (TPSA) is 72.2 Å². The highest BCUT2D eigenvalue weighted by molar-refractivity contribution is 5.97. The summed E-state index contributed by atoms with van der Waals surface area (Å²) in [5.74, 6) is 0.0394. The average molecular weight is 288 g/mol. The van der Waals surface area contributed by atoms with Crippen LogP contribution >= 0.6 is 0 Å². The zero-order valence-corrected chi connectivity index (χ0v) is 12.7. The van der Waals surface area contributed by atoms with Gasteiger partial charge in [-0.2, -0.15) is 0 Å². The molecule has 4 heteroatoms. The van der Waals surface area contributed by atoms with Gasteiger partial charge in [-0.05, 0) is 44.0 Å². The number of anilines is 1. The molecule has 0 atom stereocenters. The second kappa shape index (κ2) is 6.85. The highest BCUT2D eigenvalue weighted by atomic mass is 16.2. The van der Waals surface area contributed by atoms with E-state index in [0.717, 1.165) is 31.4 Å². The van der Waals surface area contributed by atoms with Crippen molar-refractivity contribution in [2.75, 3.05) is 11.9 Å². The zero-order valence-electron chi connectivity index (χ0n) is 12.7. The molecule has 4 nitrogen and oxygen atoms in total. The van der Waals surface area contributed by atoms with Crippen molar-refractivity contribution in [2.45, 2.75) is 45.4 Å². The molecule has 1 amide bonds. The fourth-order valence-corrected chi connectivity index (χ4v) is 2.98. The summed E-state index contributed by atoms with van der Waals surface area (Å²) < 4.78 is 0. The number of benzene rings is 1. The Bertz CT molecular complexity index is 500. The Morgan fingerprint density at radius 2 is 1.67 bits per heavy atom. The van der Waals surface area contributed by atoms with Crippen molar-refractivity contribution in [2.24, 2.45) is 11.1 Å². The summed E-state index contributed by atoms with van der Waals surface area (Å²) in [6.07, 6.45) is 6.22. The standard InChI is InChI=1S/C17H24N2O2/c1-13(20)14-6-8-15(9-7-14)19-16(21)17(12-18)10-4-2-3-5-11-17/h6-9H,2-5,10-12,18H2,1H3,(H,19,21). The first-order valence-corrected chi connectivity index (χ1v) is 7.70. The minimum absolute atomic E-state index is 0.0162. The highest BCUT2D eigenvalue weighted by Crippen LogP contribution is 2.35. The summed E-state index contributed by atoms with van der Waals surface area (Å²) in [4.78, 5) is 23.9. The Hall–Kier alpha value is -1.68. The summed E-state index contributed by atoms with van der Waals surface area (Å²) in [5, 5.41) is 2.97. The smallest absolute Gasteiger partial charge is 0.231 e. The van der Waals surface area contributed by atoms with E-state index in [2.05, 4.69) is 5.32 Å². The Morgan fingerprint density at radius 3 is 2.14 bits per heavy atom. The summed E-state index contributed by atoms with van der Waals surface area (Å²) >= 11 is 0. The Labute approximate surface area is 126 Å². The highest BCUT2D eigenvalue weighted by Gasteiger charge is 2.37. The molecule has 0 aromatic heterocycles. The fourth-order valence-electron chi connectivity index (χ4n) is 2.98. The predicted octanol–water partition coefficient (Wildman–Crippen LogP) is 3.13. The van der Waals surface area contributed by atoms with E-state index in [9.17, 15) is 9.59 Å². The van der Waals surface area contributed by atoms with Gasteiger partial charge in [0.05, 0.1) is 5.41 Å². The van der Waals surface area contributed by atoms with Gasteiger partial charge in [0, 0.05) is 17.8 Å². The molecule has 0 heterocycles. The van der Waals surface area contributed by atoms with Crippen molar-refractivity contribution < 1.29 is 9.59 Å². The lowest BCUT2D eigenvalue weighted by atomic mass is 9.79. The van der Waals surface area contributed by atoms with Crippen molar-refractivity contribution >= 4 is 17.4 Å². The molecule has 0 unspecified atom stereocenters. The summed E-state index contributed by atoms with van der Waals surface area (Å²) in [6.45, 7) is 1.92. The third-order valence-corrected chi connectivity index (χ3v) is 4.48. The van der Waals surface area contributed by atoms with Gasteiger partial charge in [-0.1, -0.05) is 25.7 Å². The first-order chi connectivity index (χ1) is 10.1. The van der Waals surface area contributed by atoms with Gasteiger partial charge in [-0.15, -0.1) is 0 Å². The summed E-state index contributed by atoms with van der Waals surface area (Å²) in [5.41, 5.74) is 6.86. The maximum Gasteiger partial charge on any atom is 0.231 e. The Kier molecular flexibility index (Phi) is 5.12. The van der Waals surface area contributed by atoms with E-state index in [0.29, 0.717) is 12.1 Å². The molecule has 114 valence electrons. The number of nitrogens with one attached hydrogen (secondary N) is 1. The van der Waals surface area contributed by atoms with Crippen LogP contribution in [0.1, 0.15) is 55.8 Å². The van der Waals surface area contributed by atoms with Crippen LogP contribution in [0.4, 0.5) is 5.69 Å². The quantitative estimate of drug-likeness (QED) is 0.660. The van der Waals surface area contributed by atoms with Crippen molar-refractivity contribution in [1.82, 2.24) is 0 Å². The van der Waals surface area contributed by atoms with Crippen LogP contribution in [0.15, 0.2) is 24.3 Å². The van der Waals surface area contributed by atoms with Gasteiger partial charge in [0.2, 0.25) is 5.91 Å². The molecular weight excluding hydrogens is 264 g/mol. The van der Waals surface area contributed by atoms with E-state index < -0.39 is 5.41 Å². The number of ketones is 1. The molecule has 1 aromatic carbocycles. The van der Waals surface area contributed by atoms with Gasteiger partial charge in [-0.25, -0.2) is 0 Å². The minimum atomic E-state index is -0.435. The van der Waals surface area contributed by atoms with Gasteiger partial charge in [0.1, 0.15) is 0 Å². The molecule has 3 N–H and O–H groups in total. The lowest BCUT2D eigenvalue weighted by molar-refractivity contribution is -0.125. The average Bonchev–Trinajstić information content (AvgIpc) is 2.74. The van der Waals surface area contributed by atoms with Crippen LogP contribution in [0.3, 0.4) is 0 Å². The zero-order chi connectivity index (χ0) is 15.3. The number of amides is 1. The Morgan fingerprint density at radius 1 is 1.10 bits per heavy atom. The van der Waals surface area contributed by atoms with Crippen molar-refractivity contribution in [1.29, 1.82) is 0 Å². The lowest BCUT2D eigenvalue weighted by Gasteiger charge is -2.29. The molecule has 1 aliphatic rings. The van der Waals surface area contributed by atoms with Crippen LogP contribution in [0.25, 0.3) is 0 Å². The van der Waals surface area contributed by atoms with Crippen LogP contribution in [0.5, 0.6) is 0 Å². The maximum absolute atomic E-state index is 12.6. The van der Waals surface area contributed by atoms with E-state index in [1.807, 2.05) is 0 Å². The van der Waals surface area contributed by atoms with Gasteiger partial charge in [-0.3, -0.25) is 9.59 Å². The second-order valence-corrected chi connectivity index (χ2v) is 5.99. The van der Waals surface area contributed by atoms with Gasteiger partial charge >= 0.3 is 0 Å². The number of Topliss-reactive ketones (excluding diaryl/α,β-unsaturated/α-hetero) is 1. The minimum Gasteiger partial charge on any atom is -0.329 e. The number of nitrogens with two attached hydrogens (primary N) is 1. The van der Waals surface area contributed by atoms with E-state index in [4.69, 9.17) is 5.73 Å². The molecule has 21 heavy (non-hydrogen) atoms. The molecule has 2 rings (SSSR count). The molecule has 1 aromatic rings. The molecule has 0 saturated heterocycles. The molecule has 1 saturated carbocycles. The van der Waals surface area contributed by atoms with E-state index >= 15 is 0 Å². The lowest BCUT2D eigenvalue weighted by Crippen LogP contribution is -2.42. The van der Waals surface area contributed by atoms with Crippen LogP contribution in [-0.2, 0) is 4.79 Å². The fraction of sp³-hybridized carbons (Fsp3) is 0.529. The SMILES string of the molecule is CC(=O)c1ccc(NC(=O)C2(CN)CCCCCC2)cc1. The van der Waals surface area contributed by atoms with Crippen molar-refractivity contribution in [3.8, 4) is 0 Å². The first-order valence-electron chi connectivity index (χ1n) is 7.70. The largest absolute Gasteiger partial charge is 0.329 e.